The molecule has 0 bridgehead atoms. The van der Waals surface area contributed by atoms with E-state index in [-0.39, 0.29) is 11.3 Å². The molecule has 0 aliphatic carbocycles. The number of fused-ring (bicyclic) bond motifs is 1. The Balaban J connectivity index is 1.67. The van der Waals surface area contributed by atoms with Crippen LogP contribution in [0.3, 0.4) is 0 Å². The Morgan fingerprint density at radius 3 is 2.85 bits per heavy atom. The largest absolute Gasteiger partial charge is 0.508 e. The number of nitrogens with zero attached hydrogens (tertiary/aromatic N) is 2. The lowest BCUT2D eigenvalue weighted by Crippen LogP contribution is -2.14. The van der Waals surface area contributed by atoms with E-state index in [0.717, 1.165) is 12.0 Å². The van der Waals surface area contributed by atoms with Crippen molar-refractivity contribution in [2.24, 2.45) is 0 Å². The van der Waals surface area contributed by atoms with Gasteiger partial charge in [0.15, 0.2) is 11.2 Å². The number of H-pyrrole nitrogens is 2. The number of aromatic nitrogens is 4. The van der Waals surface area contributed by atoms with Crippen LogP contribution >= 0.6 is 0 Å². The molecule has 0 radical (unpaired) electrons. The molecule has 0 saturated carbocycles. The van der Waals surface area contributed by atoms with Gasteiger partial charge < -0.3 is 15.4 Å². The van der Waals surface area contributed by atoms with Crippen LogP contribution in [0.4, 0.5) is 5.95 Å². The standard InChI is InChI=1S/C13H13N5O2/c19-9-3-1-8(2-4-9)5-6-14-13-17-11-10(12(20)18-13)15-7-16-11/h1-4,7,19H,5-6H2,(H3,14,15,16,17,18,20). The van der Waals surface area contributed by atoms with Gasteiger partial charge in [-0.15, -0.1) is 0 Å². The Kier molecular flexibility index (Phi) is 3.08. The fourth-order valence-corrected chi connectivity index (χ4v) is 1.91. The average molecular weight is 271 g/mol. The molecule has 0 atom stereocenters. The molecule has 0 spiro atoms. The van der Waals surface area contributed by atoms with Crippen molar-refractivity contribution in [2.75, 3.05) is 11.9 Å². The van der Waals surface area contributed by atoms with Gasteiger partial charge in [-0.1, -0.05) is 12.1 Å². The summed E-state index contributed by atoms with van der Waals surface area (Å²) < 4.78 is 0. The van der Waals surface area contributed by atoms with Crippen LogP contribution in [0, 0.1) is 0 Å². The first-order valence-corrected chi connectivity index (χ1v) is 6.17. The van der Waals surface area contributed by atoms with Crippen LogP contribution in [0.15, 0.2) is 35.4 Å². The molecule has 1 aromatic carbocycles. The highest BCUT2D eigenvalue weighted by Gasteiger charge is 2.05. The minimum absolute atomic E-state index is 0.247. The van der Waals surface area contributed by atoms with Crippen molar-refractivity contribution in [2.45, 2.75) is 6.42 Å². The van der Waals surface area contributed by atoms with Gasteiger partial charge in [-0.2, -0.15) is 4.98 Å². The van der Waals surface area contributed by atoms with Gasteiger partial charge in [-0.25, -0.2) is 4.98 Å². The van der Waals surface area contributed by atoms with Crippen LogP contribution in [0.5, 0.6) is 5.75 Å². The highest BCUT2D eigenvalue weighted by atomic mass is 16.3. The first kappa shape index (κ1) is 12.2. The molecule has 0 fully saturated rings. The number of anilines is 1. The van der Waals surface area contributed by atoms with Crippen molar-refractivity contribution in [1.29, 1.82) is 0 Å². The zero-order valence-corrected chi connectivity index (χ0v) is 10.6. The third kappa shape index (κ3) is 2.46. The highest BCUT2D eigenvalue weighted by molar-refractivity contribution is 5.69. The van der Waals surface area contributed by atoms with Gasteiger partial charge in [0.25, 0.3) is 5.56 Å². The number of phenolic OH excluding ortho intramolecular Hbond substituents is 1. The number of benzene rings is 1. The molecule has 4 N–H and O–H groups in total. The number of aromatic amines is 2. The van der Waals surface area contributed by atoms with Crippen molar-refractivity contribution in [3.63, 3.8) is 0 Å². The molecule has 7 heteroatoms. The van der Waals surface area contributed by atoms with E-state index < -0.39 is 0 Å². The van der Waals surface area contributed by atoms with Crippen LogP contribution in [-0.2, 0) is 6.42 Å². The van der Waals surface area contributed by atoms with Gasteiger partial charge in [0.2, 0.25) is 5.95 Å². The van der Waals surface area contributed by atoms with Gasteiger partial charge in [0.05, 0.1) is 6.33 Å². The van der Waals surface area contributed by atoms with E-state index >= 15 is 0 Å². The third-order valence-corrected chi connectivity index (χ3v) is 2.94. The fourth-order valence-electron chi connectivity index (χ4n) is 1.91. The molecule has 2 heterocycles. The zero-order valence-electron chi connectivity index (χ0n) is 10.6. The molecule has 0 amide bonds. The first-order valence-electron chi connectivity index (χ1n) is 6.17. The average Bonchev–Trinajstić information content (AvgIpc) is 2.90. The Morgan fingerprint density at radius 2 is 2.05 bits per heavy atom. The second-order valence-electron chi connectivity index (χ2n) is 4.36. The minimum atomic E-state index is -0.250. The second kappa shape index (κ2) is 5.04. The number of aromatic hydroxyl groups is 1. The smallest absolute Gasteiger partial charge is 0.278 e. The zero-order chi connectivity index (χ0) is 13.9. The Labute approximate surface area is 113 Å². The number of imidazole rings is 1. The Bertz CT molecular complexity index is 775. The van der Waals surface area contributed by atoms with E-state index in [1.54, 1.807) is 12.1 Å². The lowest BCUT2D eigenvalue weighted by Gasteiger charge is -2.05. The maximum atomic E-state index is 11.7. The maximum absolute atomic E-state index is 11.7. The van der Waals surface area contributed by atoms with Crippen molar-refractivity contribution >= 4 is 17.1 Å². The summed E-state index contributed by atoms with van der Waals surface area (Å²) in [6, 6.07) is 6.99. The number of hydrogen-bond donors (Lipinski definition) is 4. The minimum Gasteiger partial charge on any atom is -0.508 e. The fraction of sp³-hybridized carbons (Fsp3) is 0.154. The van der Waals surface area contributed by atoms with E-state index in [1.807, 2.05) is 12.1 Å². The van der Waals surface area contributed by atoms with E-state index in [4.69, 9.17) is 0 Å². The number of nitrogens with one attached hydrogen (secondary N) is 3. The van der Waals surface area contributed by atoms with Crippen LogP contribution in [0.1, 0.15) is 5.56 Å². The van der Waals surface area contributed by atoms with Crippen molar-refractivity contribution in [1.82, 2.24) is 19.9 Å². The quantitative estimate of drug-likeness (QED) is 0.566. The summed E-state index contributed by atoms with van der Waals surface area (Å²) in [6.45, 7) is 0.615. The summed E-state index contributed by atoms with van der Waals surface area (Å²) in [5.41, 5.74) is 1.59. The molecule has 20 heavy (non-hydrogen) atoms. The SMILES string of the molecule is O=c1[nH]c(NCCc2ccc(O)cc2)nc2nc[nH]c12. The second-order valence-corrected chi connectivity index (χ2v) is 4.36. The van der Waals surface area contributed by atoms with Crippen LogP contribution < -0.4 is 10.9 Å². The predicted molar refractivity (Wildman–Crippen MR) is 74.8 cm³/mol. The molecule has 3 rings (SSSR count). The molecule has 0 aliphatic rings. The lowest BCUT2D eigenvalue weighted by molar-refractivity contribution is 0.475. The van der Waals surface area contributed by atoms with Gasteiger partial charge in [-0.05, 0) is 24.1 Å². The molecule has 0 saturated heterocycles. The van der Waals surface area contributed by atoms with Gasteiger partial charge >= 0.3 is 0 Å². The Hall–Kier alpha value is -2.83. The summed E-state index contributed by atoms with van der Waals surface area (Å²) in [4.78, 5) is 25.2. The first-order chi connectivity index (χ1) is 9.72. The number of rotatable bonds is 4. The molecule has 102 valence electrons. The van der Waals surface area contributed by atoms with E-state index in [9.17, 15) is 9.90 Å². The number of phenols is 1. The van der Waals surface area contributed by atoms with Crippen molar-refractivity contribution in [3.05, 3.63) is 46.5 Å². The number of hydrogen-bond acceptors (Lipinski definition) is 5. The van der Waals surface area contributed by atoms with E-state index in [2.05, 4.69) is 25.3 Å². The van der Waals surface area contributed by atoms with Crippen molar-refractivity contribution in [3.8, 4) is 5.75 Å². The molecule has 3 aromatic rings. The lowest BCUT2D eigenvalue weighted by atomic mass is 10.1. The highest BCUT2D eigenvalue weighted by Crippen LogP contribution is 2.10. The maximum Gasteiger partial charge on any atom is 0.278 e. The molecule has 0 unspecified atom stereocenters. The van der Waals surface area contributed by atoms with Gasteiger partial charge in [0.1, 0.15) is 5.75 Å². The Morgan fingerprint density at radius 1 is 1.25 bits per heavy atom. The van der Waals surface area contributed by atoms with Crippen LogP contribution in [0.2, 0.25) is 0 Å². The van der Waals surface area contributed by atoms with Gasteiger partial charge in [-0.3, -0.25) is 9.78 Å². The predicted octanol–water partition coefficient (Wildman–Crippen LogP) is 1.01. The molecular formula is C13H13N5O2. The summed E-state index contributed by atoms with van der Waals surface area (Å²) in [6.07, 6.45) is 2.19. The third-order valence-electron chi connectivity index (χ3n) is 2.94. The van der Waals surface area contributed by atoms with E-state index in [1.165, 1.54) is 6.33 Å². The molecular weight excluding hydrogens is 258 g/mol. The topological polar surface area (TPSA) is 107 Å². The summed E-state index contributed by atoms with van der Waals surface area (Å²) in [5, 5.41) is 12.2. The summed E-state index contributed by atoms with van der Waals surface area (Å²) in [7, 11) is 0. The summed E-state index contributed by atoms with van der Waals surface area (Å²) in [5.74, 6) is 0.644. The van der Waals surface area contributed by atoms with Gasteiger partial charge in [0, 0.05) is 6.54 Å². The van der Waals surface area contributed by atoms with E-state index in [0.29, 0.717) is 23.7 Å². The molecule has 2 aromatic heterocycles. The molecule has 0 aliphatic heterocycles. The molecule has 7 nitrogen and oxygen atoms in total. The van der Waals surface area contributed by atoms with Crippen molar-refractivity contribution < 1.29 is 5.11 Å². The van der Waals surface area contributed by atoms with Crippen LogP contribution in [-0.4, -0.2) is 31.6 Å². The normalized spacial score (nSPS) is 10.8. The van der Waals surface area contributed by atoms with Crippen LogP contribution in [0.25, 0.3) is 11.2 Å². The summed E-state index contributed by atoms with van der Waals surface area (Å²) >= 11 is 0. The monoisotopic (exact) mass is 271 g/mol.